The van der Waals surface area contributed by atoms with Crippen LogP contribution in [0.3, 0.4) is 0 Å². The minimum absolute atomic E-state index is 0.0909. The third-order valence-electron chi connectivity index (χ3n) is 5.05. The molecule has 3 rings (SSSR count). The quantitative estimate of drug-likeness (QED) is 0.713. The fourth-order valence-corrected chi connectivity index (χ4v) is 4.46. The minimum atomic E-state index is -3.18. The Labute approximate surface area is 159 Å². The molecule has 0 radical (unpaired) electrons. The number of carbonyl (C=O) groups is 1. The molecule has 2 fully saturated rings. The Balaban J connectivity index is 1.55. The van der Waals surface area contributed by atoms with Crippen molar-refractivity contribution in [3.8, 4) is 11.8 Å². The largest absolute Gasteiger partial charge is 0.480 e. The molecule has 0 saturated carbocycles. The van der Waals surface area contributed by atoms with Crippen LogP contribution < -0.4 is 9.47 Å². The van der Waals surface area contributed by atoms with Crippen LogP contribution in [-0.4, -0.2) is 79.1 Å². The second-order valence-corrected chi connectivity index (χ2v) is 8.98. The van der Waals surface area contributed by atoms with Crippen LogP contribution in [0.4, 0.5) is 0 Å². The number of ether oxygens (including phenoxy) is 2. The average molecular weight is 398 g/mol. The number of likely N-dealkylation sites (tertiary alicyclic amines) is 1. The van der Waals surface area contributed by atoms with Crippen molar-refractivity contribution in [1.82, 2.24) is 19.2 Å². The molecule has 1 unspecified atom stereocenters. The SMILES string of the molecule is COc1cncc(OC2CCCN(C(=O)C3CCN(S(C)(=O)=O)CC3)C2)n1. The first-order valence-electron chi connectivity index (χ1n) is 9.13. The lowest BCUT2D eigenvalue weighted by Gasteiger charge is -2.37. The van der Waals surface area contributed by atoms with E-state index in [0.29, 0.717) is 50.8 Å². The van der Waals surface area contributed by atoms with Crippen LogP contribution in [0.2, 0.25) is 0 Å². The zero-order chi connectivity index (χ0) is 19.4. The highest BCUT2D eigenvalue weighted by molar-refractivity contribution is 7.88. The molecule has 2 saturated heterocycles. The van der Waals surface area contributed by atoms with Gasteiger partial charge in [0.05, 0.1) is 32.3 Å². The van der Waals surface area contributed by atoms with Crippen LogP contribution in [0.5, 0.6) is 11.8 Å². The van der Waals surface area contributed by atoms with Gasteiger partial charge in [0.15, 0.2) is 0 Å². The van der Waals surface area contributed by atoms with Crippen molar-refractivity contribution in [1.29, 1.82) is 0 Å². The van der Waals surface area contributed by atoms with Crippen molar-refractivity contribution in [3.05, 3.63) is 12.4 Å². The lowest BCUT2D eigenvalue weighted by atomic mass is 9.95. The van der Waals surface area contributed by atoms with Crippen molar-refractivity contribution in [3.63, 3.8) is 0 Å². The summed E-state index contributed by atoms with van der Waals surface area (Å²) >= 11 is 0. The number of rotatable bonds is 5. The Morgan fingerprint density at radius 3 is 2.52 bits per heavy atom. The minimum Gasteiger partial charge on any atom is -0.480 e. The second kappa shape index (κ2) is 8.39. The summed E-state index contributed by atoms with van der Waals surface area (Å²) in [5, 5.41) is 0. The van der Waals surface area contributed by atoms with E-state index in [0.717, 1.165) is 12.8 Å². The number of nitrogens with zero attached hydrogens (tertiary/aromatic N) is 4. The Morgan fingerprint density at radius 1 is 1.15 bits per heavy atom. The standard InChI is InChI=1S/C17H26N4O5S/c1-25-15-10-18-11-16(19-15)26-14-4-3-7-20(12-14)17(22)13-5-8-21(9-6-13)27(2,23)24/h10-11,13-14H,3-9,12H2,1-2H3. The van der Waals surface area contributed by atoms with Crippen molar-refractivity contribution in [2.24, 2.45) is 5.92 Å². The molecule has 1 amide bonds. The molecular weight excluding hydrogens is 372 g/mol. The summed E-state index contributed by atoms with van der Waals surface area (Å²) in [5.41, 5.74) is 0. The summed E-state index contributed by atoms with van der Waals surface area (Å²) in [6.07, 6.45) is 6.94. The smallest absolute Gasteiger partial charge is 0.235 e. The Bertz CT molecular complexity index is 764. The summed E-state index contributed by atoms with van der Waals surface area (Å²) in [4.78, 5) is 22.9. The van der Waals surface area contributed by atoms with Gasteiger partial charge in [-0.25, -0.2) is 12.7 Å². The maximum atomic E-state index is 12.9. The molecular formula is C17H26N4O5S. The van der Waals surface area contributed by atoms with E-state index >= 15 is 0 Å². The second-order valence-electron chi connectivity index (χ2n) is 7.00. The maximum absolute atomic E-state index is 12.9. The van der Waals surface area contributed by atoms with Crippen molar-refractivity contribution < 1.29 is 22.7 Å². The normalized spacial score (nSPS) is 22.4. The zero-order valence-electron chi connectivity index (χ0n) is 15.7. The van der Waals surface area contributed by atoms with Gasteiger partial charge in [-0.15, -0.1) is 0 Å². The van der Waals surface area contributed by atoms with Gasteiger partial charge in [-0.2, -0.15) is 4.98 Å². The number of hydrogen-bond acceptors (Lipinski definition) is 7. The number of hydrogen-bond donors (Lipinski definition) is 0. The molecule has 150 valence electrons. The van der Waals surface area contributed by atoms with Gasteiger partial charge in [0.1, 0.15) is 6.10 Å². The molecule has 3 heterocycles. The molecule has 10 heteroatoms. The van der Waals surface area contributed by atoms with Crippen molar-refractivity contribution in [2.75, 3.05) is 39.5 Å². The summed E-state index contributed by atoms with van der Waals surface area (Å²) in [6, 6.07) is 0. The van der Waals surface area contributed by atoms with E-state index in [4.69, 9.17) is 9.47 Å². The molecule has 27 heavy (non-hydrogen) atoms. The van der Waals surface area contributed by atoms with Crippen molar-refractivity contribution in [2.45, 2.75) is 31.8 Å². The van der Waals surface area contributed by atoms with Gasteiger partial charge < -0.3 is 14.4 Å². The molecule has 0 bridgehead atoms. The number of piperidine rings is 2. The van der Waals surface area contributed by atoms with Crippen LogP contribution in [-0.2, 0) is 14.8 Å². The van der Waals surface area contributed by atoms with Gasteiger partial charge in [0, 0.05) is 25.6 Å². The molecule has 2 aliphatic rings. The summed E-state index contributed by atoms with van der Waals surface area (Å²) in [7, 11) is -1.67. The third kappa shape index (κ3) is 5.07. The highest BCUT2D eigenvalue weighted by Gasteiger charge is 2.33. The summed E-state index contributed by atoms with van der Waals surface area (Å²) < 4.78 is 35.6. The monoisotopic (exact) mass is 398 g/mol. The first-order valence-corrected chi connectivity index (χ1v) is 11.0. The predicted molar refractivity (Wildman–Crippen MR) is 98.0 cm³/mol. The van der Waals surface area contributed by atoms with E-state index in [1.54, 1.807) is 0 Å². The lowest BCUT2D eigenvalue weighted by molar-refractivity contribution is -0.139. The van der Waals surface area contributed by atoms with E-state index in [1.807, 2.05) is 4.90 Å². The van der Waals surface area contributed by atoms with Gasteiger partial charge in [-0.05, 0) is 25.7 Å². The molecule has 0 aliphatic carbocycles. The average Bonchev–Trinajstić information content (AvgIpc) is 2.67. The molecule has 1 aromatic heterocycles. The van der Waals surface area contributed by atoms with E-state index in [-0.39, 0.29) is 17.9 Å². The number of amides is 1. The number of carbonyl (C=O) groups excluding carboxylic acids is 1. The highest BCUT2D eigenvalue weighted by atomic mass is 32.2. The van der Waals surface area contributed by atoms with Crippen LogP contribution >= 0.6 is 0 Å². The number of aromatic nitrogens is 2. The van der Waals surface area contributed by atoms with Gasteiger partial charge >= 0.3 is 0 Å². The first kappa shape index (κ1) is 19.8. The lowest BCUT2D eigenvalue weighted by Crippen LogP contribution is -2.49. The van der Waals surface area contributed by atoms with E-state index < -0.39 is 10.0 Å². The van der Waals surface area contributed by atoms with Gasteiger partial charge in [-0.3, -0.25) is 9.78 Å². The molecule has 1 aromatic rings. The Morgan fingerprint density at radius 2 is 1.85 bits per heavy atom. The number of sulfonamides is 1. The topological polar surface area (TPSA) is 102 Å². The first-order chi connectivity index (χ1) is 12.9. The van der Waals surface area contributed by atoms with Crippen LogP contribution in [0, 0.1) is 5.92 Å². The third-order valence-corrected chi connectivity index (χ3v) is 6.35. The molecule has 0 aromatic carbocycles. The molecule has 2 aliphatic heterocycles. The number of methoxy groups -OCH3 is 1. The summed E-state index contributed by atoms with van der Waals surface area (Å²) in [5.74, 6) is 0.732. The Kier molecular flexibility index (Phi) is 6.15. The van der Waals surface area contributed by atoms with Crippen molar-refractivity contribution >= 4 is 15.9 Å². The van der Waals surface area contributed by atoms with Crippen LogP contribution in [0.15, 0.2) is 12.4 Å². The molecule has 0 N–H and O–H groups in total. The molecule has 1 atom stereocenters. The molecule has 0 spiro atoms. The van der Waals surface area contributed by atoms with Gasteiger partial charge in [-0.1, -0.05) is 0 Å². The fraction of sp³-hybridized carbons (Fsp3) is 0.706. The fourth-order valence-electron chi connectivity index (χ4n) is 3.58. The van der Waals surface area contributed by atoms with E-state index in [1.165, 1.54) is 30.1 Å². The van der Waals surface area contributed by atoms with E-state index in [9.17, 15) is 13.2 Å². The maximum Gasteiger partial charge on any atom is 0.235 e. The predicted octanol–water partition coefficient (Wildman–Crippen LogP) is 0.527. The van der Waals surface area contributed by atoms with Gasteiger partial charge in [0.25, 0.3) is 0 Å². The van der Waals surface area contributed by atoms with E-state index in [2.05, 4.69) is 9.97 Å². The molecule has 9 nitrogen and oxygen atoms in total. The van der Waals surface area contributed by atoms with Crippen LogP contribution in [0.25, 0.3) is 0 Å². The zero-order valence-corrected chi connectivity index (χ0v) is 16.5. The van der Waals surface area contributed by atoms with Gasteiger partial charge in [0.2, 0.25) is 27.7 Å². The summed E-state index contributed by atoms with van der Waals surface area (Å²) in [6.45, 7) is 2.02. The highest BCUT2D eigenvalue weighted by Crippen LogP contribution is 2.24. The Hall–Kier alpha value is -1.94. The van der Waals surface area contributed by atoms with Crippen LogP contribution in [0.1, 0.15) is 25.7 Å².